The van der Waals surface area contributed by atoms with Gasteiger partial charge in [-0.25, -0.2) is 9.59 Å². The maximum Gasteiger partial charge on any atom is 0.326 e. The van der Waals surface area contributed by atoms with E-state index in [1.807, 2.05) is 24.5 Å². The van der Waals surface area contributed by atoms with Crippen LogP contribution in [0.2, 0.25) is 0 Å². The molecule has 6 nitrogen and oxygen atoms in total. The maximum atomic E-state index is 11.5. The summed E-state index contributed by atoms with van der Waals surface area (Å²) < 4.78 is 5.28. The number of thioether (sulfide) groups is 1. The van der Waals surface area contributed by atoms with Crippen LogP contribution in [-0.4, -0.2) is 41.9 Å². The van der Waals surface area contributed by atoms with Crippen molar-refractivity contribution in [2.24, 2.45) is 0 Å². The molecular weight excluding hydrogens is 280 g/mol. The summed E-state index contributed by atoms with van der Waals surface area (Å²) in [6.07, 6.45) is 2.26. The quantitative estimate of drug-likeness (QED) is 0.633. The zero-order valence-corrected chi connectivity index (χ0v) is 12.0. The SMILES string of the molecule is CSCCC(NC(=O)NCOc1ccccc1)C(=O)O. The molecule has 1 rings (SSSR count). The van der Waals surface area contributed by atoms with E-state index in [-0.39, 0.29) is 6.73 Å². The Balaban J connectivity index is 2.29. The normalized spacial score (nSPS) is 11.4. The fourth-order valence-corrected chi connectivity index (χ4v) is 1.88. The first-order chi connectivity index (χ1) is 9.63. The van der Waals surface area contributed by atoms with Gasteiger partial charge in [-0.15, -0.1) is 0 Å². The van der Waals surface area contributed by atoms with Gasteiger partial charge in [-0.1, -0.05) is 18.2 Å². The molecule has 1 unspecified atom stereocenters. The number of amides is 2. The zero-order valence-electron chi connectivity index (χ0n) is 11.2. The second-order valence-corrected chi connectivity index (χ2v) is 4.91. The molecule has 20 heavy (non-hydrogen) atoms. The summed E-state index contributed by atoms with van der Waals surface area (Å²) in [5.74, 6) is 0.251. The predicted molar refractivity (Wildman–Crippen MR) is 78.0 cm³/mol. The van der Waals surface area contributed by atoms with E-state index in [1.165, 1.54) is 11.8 Å². The number of urea groups is 1. The molecule has 1 aromatic carbocycles. The highest BCUT2D eigenvalue weighted by Gasteiger charge is 2.18. The number of para-hydroxylation sites is 1. The van der Waals surface area contributed by atoms with Crippen molar-refractivity contribution in [3.63, 3.8) is 0 Å². The van der Waals surface area contributed by atoms with Crippen LogP contribution in [0.3, 0.4) is 0 Å². The summed E-state index contributed by atoms with van der Waals surface area (Å²) in [5, 5.41) is 13.8. The van der Waals surface area contributed by atoms with Gasteiger partial charge in [-0.3, -0.25) is 0 Å². The molecule has 0 aromatic heterocycles. The third kappa shape index (κ3) is 6.33. The van der Waals surface area contributed by atoms with Crippen LogP contribution >= 0.6 is 11.8 Å². The lowest BCUT2D eigenvalue weighted by Crippen LogP contribution is -2.47. The van der Waals surface area contributed by atoms with Crippen molar-refractivity contribution in [3.05, 3.63) is 30.3 Å². The Hall–Kier alpha value is -1.89. The molecule has 0 heterocycles. The first kappa shape index (κ1) is 16.2. The minimum absolute atomic E-state index is 0.0231. The van der Waals surface area contributed by atoms with Gasteiger partial charge in [0.05, 0.1) is 0 Å². The fraction of sp³-hybridized carbons (Fsp3) is 0.385. The molecule has 1 aromatic rings. The van der Waals surface area contributed by atoms with E-state index in [0.717, 1.165) is 0 Å². The number of hydrogen-bond donors (Lipinski definition) is 3. The molecule has 0 aliphatic rings. The molecule has 0 aliphatic carbocycles. The van der Waals surface area contributed by atoms with Crippen molar-refractivity contribution in [1.82, 2.24) is 10.6 Å². The minimum Gasteiger partial charge on any atom is -0.480 e. The van der Waals surface area contributed by atoms with E-state index in [0.29, 0.717) is 17.9 Å². The molecular formula is C13H18N2O4S. The Morgan fingerprint density at radius 1 is 1.35 bits per heavy atom. The van der Waals surface area contributed by atoms with Gasteiger partial charge in [0.15, 0.2) is 6.73 Å². The van der Waals surface area contributed by atoms with Crippen LogP contribution < -0.4 is 15.4 Å². The standard InChI is InChI=1S/C13H18N2O4S/c1-20-8-7-11(12(16)17)15-13(18)14-9-19-10-5-3-2-4-6-10/h2-6,11H,7-9H2,1H3,(H,16,17)(H2,14,15,18). The summed E-state index contributed by atoms with van der Waals surface area (Å²) in [6.45, 7) is -0.0231. The van der Waals surface area contributed by atoms with Crippen molar-refractivity contribution in [2.45, 2.75) is 12.5 Å². The van der Waals surface area contributed by atoms with Crippen molar-refractivity contribution in [2.75, 3.05) is 18.7 Å². The van der Waals surface area contributed by atoms with Crippen LogP contribution in [0, 0.1) is 0 Å². The highest BCUT2D eigenvalue weighted by atomic mass is 32.2. The number of rotatable bonds is 8. The van der Waals surface area contributed by atoms with E-state index in [4.69, 9.17) is 9.84 Å². The Morgan fingerprint density at radius 2 is 2.05 bits per heavy atom. The van der Waals surface area contributed by atoms with Crippen molar-refractivity contribution >= 4 is 23.8 Å². The molecule has 0 radical (unpaired) electrons. The summed E-state index contributed by atoms with van der Waals surface area (Å²) in [7, 11) is 0. The minimum atomic E-state index is -1.04. The smallest absolute Gasteiger partial charge is 0.326 e. The highest BCUT2D eigenvalue weighted by molar-refractivity contribution is 7.98. The lowest BCUT2D eigenvalue weighted by atomic mass is 10.2. The monoisotopic (exact) mass is 298 g/mol. The highest BCUT2D eigenvalue weighted by Crippen LogP contribution is 2.07. The van der Waals surface area contributed by atoms with Crippen LogP contribution in [-0.2, 0) is 4.79 Å². The van der Waals surface area contributed by atoms with Crippen molar-refractivity contribution in [1.29, 1.82) is 0 Å². The predicted octanol–water partition coefficient (Wildman–Crippen LogP) is 1.53. The number of carbonyl (C=O) groups is 2. The Bertz CT molecular complexity index is 428. The molecule has 0 fully saturated rings. The average Bonchev–Trinajstić information content (AvgIpc) is 2.44. The lowest BCUT2D eigenvalue weighted by Gasteiger charge is -2.15. The zero-order chi connectivity index (χ0) is 14.8. The van der Waals surface area contributed by atoms with Gasteiger partial charge in [0.1, 0.15) is 11.8 Å². The van der Waals surface area contributed by atoms with E-state index in [1.54, 1.807) is 12.1 Å². The topological polar surface area (TPSA) is 87.7 Å². The van der Waals surface area contributed by atoms with Gasteiger partial charge in [0.2, 0.25) is 0 Å². The average molecular weight is 298 g/mol. The maximum absolute atomic E-state index is 11.5. The second kappa shape index (κ2) is 9.08. The molecule has 0 spiro atoms. The summed E-state index contributed by atoms with van der Waals surface area (Å²) >= 11 is 1.53. The summed E-state index contributed by atoms with van der Waals surface area (Å²) in [5.41, 5.74) is 0. The number of carbonyl (C=O) groups excluding carboxylic acids is 1. The van der Waals surface area contributed by atoms with Crippen LogP contribution in [0.1, 0.15) is 6.42 Å². The molecule has 1 atom stereocenters. The Kier molecular flexibility index (Phi) is 7.34. The van der Waals surface area contributed by atoms with E-state index < -0.39 is 18.0 Å². The molecule has 2 amide bonds. The van der Waals surface area contributed by atoms with Gasteiger partial charge in [-0.2, -0.15) is 11.8 Å². The number of carboxylic acid groups (broad SMARTS) is 1. The first-order valence-corrected chi connectivity index (χ1v) is 7.47. The van der Waals surface area contributed by atoms with Gasteiger partial charge in [0.25, 0.3) is 0 Å². The Morgan fingerprint density at radius 3 is 2.65 bits per heavy atom. The molecule has 0 aliphatic heterocycles. The number of benzene rings is 1. The molecule has 0 saturated carbocycles. The molecule has 110 valence electrons. The van der Waals surface area contributed by atoms with Gasteiger partial charge >= 0.3 is 12.0 Å². The van der Waals surface area contributed by atoms with Gasteiger partial charge in [0, 0.05) is 0 Å². The molecule has 3 N–H and O–H groups in total. The van der Waals surface area contributed by atoms with E-state index >= 15 is 0 Å². The molecule has 0 saturated heterocycles. The van der Waals surface area contributed by atoms with Gasteiger partial charge in [-0.05, 0) is 30.6 Å². The number of hydrogen-bond acceptors (Lipinski definition) is 4. The molecule has 0 bridgehead atoms. The number of aliphatic carboxylic acids is 1. The van der Waals surface area contributed by atoms with E-state index in [2.05, 4.69) is 10.6 Å². The third-order valence-electron chi connectivity index (χ3n) is 2.43. The van der Waals surface area contributed by atoms with E-state index in [9.17, 15) is 9.59 Å². The summed E-state index contributed by atoms with van der Waals surface area (Å²) in [6, 6.07) is 7.57. The second-order valence-electron chi connectivity index (χ2n) is 3.92. The van der Waals surface area contributed by atoms with Crippen LogP contribution in [0.5, 0.6) is 5.75 Å². The number of carboxylic acids is 1. The van der Waals surface area contributed by atoms with Crippen molar-refractivity contribution < 1.29 is 19.4 Å². The first-order valence-electron chi connectivity index (χ1n) is 6.07. The van der Waals surface area contributed by atoms with Crippen LogP contribution in [0.15, 0.2) is 30.3 Å². The van der Waals surface area contributed by atoms with Gasteiger partial charge < -0.3 is 20.5 Å². The van der Waals surface area contributed by atoms with Crippen LogP contribution in [0.25, 0.3) is 0 Å². The number of nitrogens with one attached hydrogen (secondary N) is 2. The van der Waals surface area contributed by atoms with Crippen LogP contribution in [0.4, 0.5) is 4.79 Å². The third-order valence-corrected chi connectivity index (χ3v) is 3.07. The van der Waals surface area contributed by atoms with Crippen molar-refractivity contribution in [3.8, 4) is 5.75 Å². The summed E-state index contributed by atoms with van der Waals surface area (Å²) in [4.78, 5) is 22.5. The number of ether oxygens (including phenoxy) is 1. The largest absolute Gasteiger partial charge is 0.480 e. The lowest BCUT2D eigenvalue weighted by molar-refractivity contribution is -0.139. The fourth-order valence-electron chi connectivity index (χ4n) is 1.40. The molecule has 7 heteroatoms. The Labute approximate surface area is 121 Å².